The van der Waals surface area contributed by atoms with Gasteiger partial charge in [-0.15, -0.1) is 0 Å². The van der Waals surface area contributed by atoms with E-state index in [1.807, 2.05) is 61.5 Å². The largest absolute Gasteiger partial charge is 0.484 e. The fourth-order valence-corrected chi connectivity index (χ4v) is 4.90. The van der Waals surface area contributed by atoms with Crippen LogP contribution in [0.5, 0.6) is 5.75 Å². The van der Waals surface area contributed by atoms with E-state index in [0.29, 0.717) is 18.7 Å². The molecule has 26 heavy (non-hydrogen) atoms. The number of carbonyl (C=O) groups excluding carboxylic acids is 1. The van der Waals surface area contributed by atoms with Gasteiger partial charge in [0, 0.05) is 13.1 Å². The molecule has 1 atom stereocenters. The lowest BCUT2D eigenvalue weighted by Gasteiger charge is -2.20. The molecule has 138 valence electrons. The minimum absolute atomic E-state index is 0.0250. The van der Waals surface area contributed by atoms with Crippen LogP contribution in [-0.2, 0) is 14.6 Å². The number of rotatable bonds is 4. The quantitative estimate of drug-likeness (QED) is 0.827. The van der Waals surface area contributed by atoms with E-state index >= 15 is 0 Å². The Kier molecular flexibility index (Phi) is 5.61. The van der Waals surface area contributed by atoms with Crippen LogP contribution in [0, 0.1) is 6.92 Å². The first kappa shape index (κ1) is 18.5. The number of benzene rings is 2. The van der Waals surface area contributed by atoms with Crippen molar-refractivity contribution < 1.29 is 17.9 Å². The lowest BCUT2D eigenvalue weighted by atomic mass is 10.1. The van der Waals surface area contributed by atoms with Gasteiger partial charge < -0.3 is 9.64 Å². The highest BCUT2D eigenvalue weighted by Gasteiger charge is 2.32. The predicted molar refractivity (Wildman–Crippen MR) is 101 cm³/mol. The van der Waals surface area contributed by atoms with Crippen LogP contribution in [0.1, 0.15) is 22.8 Å². The van der Waals surface area contributed by atoms with Gasteiger partial charge in [0.2, 0.25) is 0 Å². The summed E-state index contributed by atoms with van der Waals surface area (Å²) < 4.78 is 30.8. The highest BCUT2D eigenvalue weighted by atomic mass is 32.2. The first-order valence-electron chi connectivity index (χ1n) is 8.69. The van der Waals surface area contributed by atoms with Crippen molar-refractivity contribution in [3.63, 3.8) is 0 Å². The highest BCUT2D eigenvalue weighted by Crippen LogP contribution is 2.29. The van der Waals surface area contributed by atoms with Crippen molar-refractivity contribution in [1.82, 2.24) is 4.90 Å². The van der Waals surface area contributed by atoms with Crippen LogP contribution >= 0.6 is 0 Å². The zero-order valence-corrected chi connectivity index (χ0v) is 15.6. The number of hydrogen-bond donors (Lipinski definition) is 0. The van der Waals surface area contributed by atoms with Crippen molar-refractivity contribution in [3.8, 4) is 5.75 Å². The molecule has 0 N–H and O–H groups in total. The summed E-state index contributed by atoms with van der Waals surface area (Å²) in [4.78, 5) is 14.0. The molecule has 1 amide bonds. The van der Waals surface area contributed by atoms with Crippen LogP contribution in [0.25, 0.3) is 0 Å². The summed E-state index contributed by atoms with van der Waals surface area (Å²) >= 11 is 0. The molecule has 1 saturated heterocycles. The Balaban J connectivity index is 1.63. The maximum Gasteiger partial charge on any atom is 0.260 e. The van der Waals surface area contributed by atoms with Crippen LogP contribution in [0.2, 0.25) is 0 Å². The van der Waals surface area contributed by atoms with Gasteiger partial charge in [-0.25, -0.2) is 8.42 Å². The summed E-state index contributed by atoms with van der Waals surface area (Å²) in [7, 11) is -3.29. The second-order valence-electron chi connectivity index (χ2n) is 6.54. The van der Waals surface area contributed by atoms with Crippen molar-refractivity contribution in [2.24, 2.45) is 0 Å². The number of nitrogens with zero attached hydrogens (tertiary/aromatic N) is 1. The smallest absolute Gasteiger partial charge is 0.260 e. The number of sulfone groups is 1. The molecule has 0 spiro atoms. The number of ether oxygens (including phenoxy) is 1. The number of hydrogen-bond acceptors (Lipinski definition) is 4. The van der Waals surface area contributed by atoms with E-state index in [4.69, 9.17) is 4.74 Å². The fourth-order valence-electron chi connectivity index (χ4n) is 3.11. The first-order valence-corrected chi connectivity index (χ1v) is 10.4. The molecule has 1 aliphatic heterocycles. The molecule has 1 unspecified atom stereocenters. The Morgan fingerprint density at radius 2 is 1.77 bits per heavy atom. The molecular weight excluding hydrogens is 350 g/mol. The summed E-state index contributed by atoms with van der Waals surface area (Å²) in [5.41, 5.74) is 1.91. The lowest BCUT2D eigenvalue weighted by Crippen LogP contribution is -2.37. The van der Waals surface area contributed by atoms with E-state index < -0.39 is 15.1 Å². The standard InChI is InChI=1S/C20H23NO4S/c1-16-7-9-18(10-8-16)25-15-20(22)21-12-11-19(26(23,24)14-13-21)17-5-3-2-4-6-17/h2-10,19H,11-15H2,1H3. The second-order valence-corrected chi connectivity index (χ2v) is 8.84. The van der Waals surface area contributed by atoms with E-state index in [-0.39, 0.29) is 24.8 Å². The number of amides is 1. The molecule has 2 aromatic rings. The molecular formula is C20H23NO4S. The number of carbonyl (C=O) groups is 1. The molecule has 0 aliphatic carbocycles. The van der Waals surface area contributed by atoms with Gasteiger partial charge in [0.1, 0.15) is 5.75 Å². The Morgan fingerprint density at radius 1 is 1.08 bits per heavy atom. The van der Waals surface area contributed by atoms with Gasteiger partial charge in [0.25, 0.3) is 5.91 Å². The first-order chi connectivity index (χ1) is 12.5. The Hall–Kier alpha value is -2.34. The van der Waals surface area contributed by atoms with Gasteiger partial charge in [-0.1, -0.05) is 48.0 Å². The van der Waals surface area contributed by atoms with Crippen molar-refractivity contribution in [2.75, 3.05) is 25.4 Å². The van der Waals surface area contributed by atoms with E-state index in [0.717, 1.165) is 11.1 Å². The molecule has 6 heteroatoms. The monoisotopic (exact) mass is 373 g/mol. The van der Waals surface area contributed by atoms with E-state index in [1.54, 1.807) is 4.90 Å². The van der Waals surface area contributed by atoms with Crippen LogP contribution < -0.4 is 4.74 Å². The van der Waals surface area contributed by atoms with Gasteiger partial charge in [-0.2, -0.15) is 0 Å². The number of aryl methyl sites for hydroxylation is 1. The SMILES string of the molecule is Cc1ccc(OCC(=O)N2CCC(c3ccccc3)S(=O)(=O)CC2)cc1. The molecule has 1 heterocycles. The summed E-state index contributed by atoms with van der Waals surface area (Å²) in [5.74, 6) is 0.422. The third-order valence-electron chi connectivity index (χ3n) is 4.65. The highest BCUT2D eigenvalue weighted by molar-refractivity contribution is 7.91. The average molecular weight is 373 g/mol. The maximum absolute atomic E-state index is 12.6. The van der Waals surface area contributed by atoms with Gasteiger partial charge >= 0.3 is 0 Å². The van der Waals surface area contributed by atoms with Crippen LogP contribution in [0.4, 0.5) is 0 Å². The molecule has 3 rings (SSSR count). The van der Waals surface area contributed by atoms with Crippen molar-refractivity contribution >= 4 is 15.7 Å². The van der Waals surface area contributed by atoms with Crippen molar-refractivity contribution in [1.29, 1.82) is 0 Å². The molecule has 5 nitrogen and oxygen atoms in total. The van der Waals surface area contributed by atoms with Crippen LogP contribution in [0.3, 0.4) is 0 Å². The van der Waals surface area contributed by atoms with Crippen LogP contribution in [0.15, 0.2) is 54.6 Å². The van der Waals surface area contributed by atoms with E-state index in [2.05, 4.69) is 0 Å². The molecule has 0 aromatic heterocycles. The summed E-state index contributed by atoms with van der Waals surface area (Å²) in [6.07, 6.45) is 0.405. The van der Waals surface area contributed by atoms with Crippen molar-refractivity contribution in [3.05, 3.63) is 65.7 Å². The average Bonchev–Trinajstić information content (AvgIpc) is 2.80. The molecule has 1 aliphatic rings. The Labute approximate surface area is 154 Å². The summed E-state index contributed by atoms with van der Waals surface area (Å²) in [5, 5.41) is -0.556. The van der Waals surface area contributed by atoms with E-state index in [9.17, 15) is 13.2 Å². The fraction of sp³-hybridized carbons (Fsp3) is 0.350. The third kappa shape index (κ3) is 4.43. The van der Waals surface area contributed by atoms with Crippen molar-refractivity contribution in [2.45, 2.75) is 18.6 Å². The Morgan fingerprint density at radius 3 is 2.46 bits per heavy atom. The predicted octanol–water partition coefficient (Wildman–Crippen LogP) is 2.76. The molecule has 0 saturated carbocycles. The lowest BCUT2D eigenvalue weighted by molar-refractivity contribution is -0.133. The van der Waals surface area contributed by atoms with Gasteiger partial charge in [-0.3, -0.25) is 4.79 Å². The molecule has 0 radical (unpaired) electrons. The van der Waals surface area contributed by atoms with Crippen LogP contribution in [-0.4, -0.2) is 44.7 Å². The van der Waals surface area contributed by atoms with Gasteiger partial charge in [0.15, 0.2) is 16.4 Å². The summed E-state index contributed by atoms with van der Waals surface area (Å²) in [6.45, 7) is 2.52. The van der Waals surface area contributed by atoms with Gasteiger partial charge in [0.05, 0.1) is 11.0 Å². The third-order valence-corrected chi connectivity index (χ3v) is 6.77. The molecule has 0 bridgehead atoms. The zero-order valence-electron chi connectivity index (χ0n) is 14.8. The maximum atomic E-state index is 12.6. The summed E-state index contributed by atoms with van der Waals surface area (Å²) in [6, 6.07) is 16.7. The van der Waals surface area contributed by atoms with Gasteiger partial charge in [-0.05, 0) is 31.0 Å². The minimum Gasteiger partial charge on any atom is -0.484 e. The molecule has 2 aromatic carbocycles. The zero-order chi connectivity index (χ0) is 18.6. The normalized spacial score (nSPS) is 19.6. The molecule has 1 fully saturated rings. The minimum atomic E-state index is -3.29. The second kappa shape index (κ2) is 7.91. The Bertz CT molecular complexity index is 847. The van der Waals surface area contributed by atoms with E-state index in [1.165, 1.54) is 0 Å². The topological polar surface area (TPSA) is 63.7 Å².